The van der Waals surface area contributed by atoms with Gasteiger partial charge in [-0.3, -0.25) is 4.98 Å². The highest BCUT2D eigenvalue weighted by Crippen LogP contribution is 2.40. The quantitative estimate of drug-likeness (QED) is 0.177. The molecule has 3 heterocycles. The molecule has 0 saturated carbocycles. The summed E-state index contributed by atoms with van der Waals surface area (Å²) in [6.45, 7) is 0. The molecule has 6 nitrogen and oxygen atoms in total. The summed E-state index contributed by atoms with van der Waals surface area (Å²) >= 11 is 0. The summed E-state index contributed by atoms with van der Waals surface area (Å²) < 4.78 is 6.78. The topological polar surface area (TPSA) is 88.5 Å². The Morgan fingerprint density at radius 3 is 1.61 bits per heavy atom. The number of nitrogens with zero attached hydrogens (tertiary/aromatic N) is 5. The van der Waals surface area contributed by atoms with E-state index in [4.69, 9.17) is 19.4 Å². The van der Waals surface area contributed by atoms with Gasteiger partial charge in [0.25, 0.3) is 0 Å². The van der Waals surface area contributed by atoms with Crippen molar-refractivity contribution in [3.8, 4) is 73.6 Å². The van der Waals surface area contributed by atoms with Gasteiger partial charge in [-0.05, 0) is 58.7 Å². The molecule has 0 saturated heterocycles. The van der Waals surface area contributed by atoms with Crippen molar-refractivity contribution in [1.82, 2.24) is 19.9 Å². The molecule has 0 amide bonds. The molecular formula is C45H27N5O. The fraction of sp³-hybridized carbons (Fsp3) is 0. The molecule has 0 N–H and O–H groups in total. The second-order valence-electron chi connectivity index (χ2n) is 12.2. The van der Waals surface area contributed by atoms with Crippen molar-refractivity contribution >= 4 is 21.9 Å². The van der Waals surface area contributed by atoms with E-state index in [1.165, 1.54) is 0 Å². The largest absolute Gasteiger partial charge is 0.455 e. The molecule has 51 heavy (non-hydrogen) atoms. The van der Waals surface area contributed by atoms with Gasteiger partial charge in [0.05, 0.1) is 11.6 Å². The van der Waals surface area contributed by atoms with Gasteiger partial charge in [0.2, 0.25) is 0 Å². The molecule has 0 fully saturated rings. The molecule has 0 aliphatic heterocycles. The van der Waals surface area contributed by atoms with Gasteiger partial charge in [0.15, 0.2) is 17.5 Å². The van der Waals surface area contributed by atoms with Crippen LogP contribution in [0.5, 0.6) is 0 Å². The Kier molecular flexibility index (Phi) is 7.42. The van der Waals surface area contributed by atoms with E-state index in [0.29, 0.717) is 23.0 Å². The lowest BCUT2D eigenvalue weighted by molar-refractivity contribution is 0.671. The summed E-state index contributed by atoms with van der Waals surface area (Å²) in [5.74, 6) is 1.67. The number of hydrogen-bond donors (Lipinski definition) is 0. The maximum Gasteiger partial charge on any atom is 0.164 e. The van der Waals surface area contributed by atoms with Crippen molar-refractivity contribution in [2.45, 2.75) is 0 Å². The molecule has 0 unspecified atom stereocenters. The number of furan rings is 1. The summed E-state index contributed by atoms with van der Waals surface area (Å²) in [4.78, 5) is 19.0. The number of pyridine rings is 1. The summed E-state index contributed by atoms with van der Waals surface area (Å²) in [5, 5.41) is 11.4. The molecule has 6 heteroatoms. The molecule has 0 atom stereocenters. The van der Waals surface area contributed by atoms with Gasteiger partial charge in [0, 0.05) is 51.0 Å². The van der Waals surface area contributed by atoms with Gasteiger partial charge in [-0.25, -0.2) is 15.0 Å². The predicted molar refractivity (Wildman–Crippen MR) is 202 cm³/mol. The van der Waals surface area contributed by atoms with Gasteiger partial charge in [0.1, 0.15) is 11.2 Å². The average Bonchev–Trinajstić information content (AvgIpc) is 3.61. The number of aromatic nitrogens is 4. The summed E-state index contributed by atoms with van der Waals surface area (Å²) in [7, 11) is 0. The lowest BCUT2D eigenvalue weighted by atomic mass is 9.98. The molecule has 0 aliphatic rings. The number of hydrogen-bond acceptors (Lipinski definition) is 6. The zero-order valence-corrected chi connectivity index (χ0v) is 27.2. The summed E-state index contributed by atoms with van der Waals surface area (Å²) in [6.07, 6.45) is 3.66. The molecule has 9 aromatic rings. The van der Waals surface area contributed by atoms with Crippen molar-refractivity contribution < 1.29 is 4.42 Å². The molecular weight excluding hydrogens is 627 g/mol. The SMILES string of the molecule is N#Cc1ccc(-c2nc(-c3ccccc3)nc(-c3cccc(-c4cccc5c4oc4c(-c6ccc(-c7cccnc7)cc6)cccc45)c3)n2)cc1. The Balaban J connectivity index is 1.14. The van der Waals surface area contributed by atoms with Crippen LogP contribution in [0, 0.1) is 11.3 Å². The fourth-order valence-electron chi connectivity index (χ4n) is 6.52. The van der Waals surface area contributed by atoms with E-state index in [0.717, 1.165) is 72.0 Å². The van der Waals surface area contributed by atoms with Crippen molar-refractivity contribution in [2.24, 2.45) is 0 Å². The molecule has 6 aromatic carbocycles. The van der Waals surface area contributed by atoms with Crippen LogP contribution in [0.4, 0.5) is 0 Å². The first kappa shape index (κ1) is 29.9. The van der Waals surface area contributed by atoms with E-state index < -0.39 is 0 Å². The number of fused-ring (bicyclic) bond motifs is 3. The molecule has 238 valence electrons. The highest BCUT2D eigenvalue weighted by atomic mass is 16.3. The second-order valence-corrected chi connectivity index (χ2v) is 12.2. The van der Waals surface area contributed by atoms with E-state index in [1.54, 1.807) is 18.3 Å². The van der Waals surface area contributed by atoms with E-state index in [1.807, 2.05) is 66.9 Å². The molecule has 3 aromatic heterocycles. The van der Waals surface area contributed by atoms with Gasteiger partial charge in [-0.1, -0.05) is 115 Å². The highest BCUT2D eigenvalue weighted by molar-refractivity contribution is 6.13. The minimum absolute atomic E-state index is 0.536. The number of nitriles is 1. The first-order valence-corrected chi connectivity index (χ1v) is 16.6. The van der Waals surface area contributed by atoms with Crippen LogP contribution in [0.25, 0.3) is 89.5 Å². The zero-order valence-electron chi connectivity index (χ0n) is 27.2. The Bertz CT molecular complexity index is 2730. The third-order valence-corrected chi connectivity index (χ3v) is 9.09. The van der Waals surface area contributed by atoms with Crippen LogP contribution in [-0.4, -0.2) is 19.9 Å². The monoisotopic (exact) mass is 653 g/mol. The Labute approximate surface area is 294 Å². The van der Waals surface area contributed by atoms with E-state index in [2.05, 4.69) is 89.9 Å². The Morgan fingerprint density at radius 2 is 0.961 bits per heavy atom. The van der Waals surface area contributed by atoms with Gasteiger partial charge in [-0.15, -0.1) is 0 Å². The number of para-hydroxylation sites is 2. The average molecular weight is 654 g/mol. The first-order valence-electron chi connectivity index (χ1n) is 16.6. The normalized spacial score (nSPS) is 11.1. The van der Waals surface area contributed by atoms with Gasteiger partial charge < -0.3 is 4.42 Å². The van der Waals surface area contributed by atoms with Crippen LogP contribution in [0.3, 0.4) is 0 Å². The molecule has 0 spiro atoms. The third-order valence-electron chi connectivity index (χ3n) is 9.09. The molecule has 9 rings (SSSR count). The first-order chi connectivity index (χ1) is 25.2. The van der Waals surface area contributed by atoms with Crippen molar-refractivity contribution in [3.63, 3.8) is 0 Å². The van der Waals surface area contributed by atoms with Crippen LogP contribution in [0.2, 0.25) is 0 Å². The number of benzene rings is 6. The summed E-state index contributed by atoms with van der Waals surface area (Å²) in [6, 6.07) is 52.7. The standard InChI is InChI=1S/C45H27N5O/c46-27-29-17-19-33(20-18-29)44-48-43(32-8-2-1-3-9-32)49-45(50-44)35-11-4-10-34(26-35)38-14-6-16-40-39-15-5-13-37(41(39)51-42(38)40)31-23-21-30(22-24-31)36-12-7-25-47-28-36/h1-26,28H. The highest BCUT2D eigenvalue weighted by Gasteiger charge is 2.17. The molecule has 0 radical (unpaired) electrons. The Morgan fingerprint density at radius 1 is 0.431 bits per heavy atom. The van der Waals surface area contributed by atoms with Crippen LogP contribution in [-0.2, 0) is 0 Å². The maximum atomic E-state index is 9.32. The Hall–Kier alpha value is -7.23. The number of rotatable bonds is 6. The van der Waals surface area contributed by atoms with Crippen LogP contribution in [0.15, 0.2) is 168 Å². The van der Waals surface area contributed by atoms with Crippen molar-refractivity contribution in [1.29, 1.82) is 5.26 Å². The van der Waals surface area contributed by atoms with E-state index >= 15 is 0 Å². The minimum Gasteiger partial charge on any atom is -0.455 e. The van der Waals surface area contributed by atoms with Crippen molar-refractivity contribution in [2.75, 3.05) is 0 Å². The van der Waals surface area contributed by atoms with Crippen LogP contribution in [0.1, 0.15) is 5.56 Å². The predicted octanol–water partition coefficient (Wildman–Crippen LogP) is 11.0. The zero-order chi connectivity index (χ0) is 34.1. The van der Waals surface area contributed by atoms with Gasteiger partial charge in [-0.2, -0.15) is 5.26 Å². The lowest BCUT2D eigenvalue weighted by Crippen LogP contribution is -2.00. The third kappa shape index (κ3) is 5.59. The summed E-state index contributed by atoms with van der Waals surface area (Å²) in [5.41, 5.74) is 11.1. The van der Waals surface area contributed by atoms with Crippen LogP contribution >= 0.6 is 0 Å². The molecule has 0 aliphatic carbocycles. The smallest absolute Gasteiger partial charge is 0.164 e. The minimum atomic E-state index is 0.536. The fourth-order valence-corrected chi connectivity index (χ4v) is 6.52. The second kappa shape index (κ2) is 12.7. The van der Waals surface area contributed by atoms with Gasteiger partial charge >= 0.3 is 0 Å². The van der Waals surface area contributed by atoms with Crippen molar-refractivity contribution in [3.05, 3.63) is 170 Å². The van der Waals surface area contributed by atoms with Crippen LogP contribution < -0.4 is 0 Å². The van der Waals surface area contributed by atoms with E-state index in [9.17, 15) is 5.26 Å². The maximum absolute atomic E-state index is 9.32. The lowest BCUT2D eigenvalue weighted by Gasteiger charge is -2.10. The molecule has 0 bridgehead atoms. The van der Waals surface area contributed by atoms with E-state index in [-0.39, 0.29) is 0 Å².